The van der Waals surface area contributed by atoms with E-state index in [1.165, 1.54) is 0 Å². The number of hydrogen-bond acceptors (Lipinski definition) is 4. The number of aliphatic carboxylic acids is 1. The van der Waals surface area contributed by atoms with Crippen LogP contribution in [0.25, 0.3) is 0 Å². The van der Waals surface area contributed by atoms with Gasteiger partial charge in [0.2, 0.25) is 0 Å². The minimum absolute atomic E-state index is 0.211. The van der Waals surface area contributed by atoms with Crippen LogP contribution in [0.5, 0.6) is 0 Å². The molecule has 0 aromatic rings. The molecule has 0 fully saturated rings. The third-order valence-electron chi connectivity index (χ3n) is 2.59. The van der Waals surface area contributed by atoms with Crippen molar-refractivity contribution in [2.45, 2.75) is 64.7 Å². The van der Waals surface area contributed by atoms with E-state index in [9.17, 15) is 9.59 Å². The number of carboxylic acid groups (broad SMARTS) is 1. The Labute approximate surface area is 109 Å². The molecule has 5 heteroatoms. The predicted molar refractivity (Wildman–Crippen MR) is 69.0 cm³/mol. The highest BCUT2D eigenvalue weighted by molar-refractivity contribution is 5.68. The Kier molecular flexibility index (Phi) is 11.6. The Morgan fingerprint density at radius 3 is 2.22 bits per heavy atom. The molecule has 0 aliphatic rings. The van der Waals surface area contributed by atoms with Gasteiger partial charge in [-0.1, -0.05) is 32.6 Å². The predicted octanol–water partition coefficient (Wildman–Crippen LogP) is 2.65. The standard InChI is InChI=1S/C13H25NO4/c1-2-3-11-14-18-13(17)10-8-6-4-5-7-9-12(15)16/h14H,2-11H2,1H3,(H,15,16). The van der Waals surface area contributed by atoms with Gasteiger partial charge in [0.25, 0.3) is 0 Å². The van der Waals surface area contributed by atoms with Crippen molar-refractivity contribution in [3.8, 4) is 0 Å². The third-order valence-corrected chi connectivity index (χ3v) is 2.59. The first-order valence-electron chi connectivity index (χ1n) is 6.81. The van der Waals surface area contributed by atoms with E-state index in [4.69, 9.17) is 9.94 Å². The second kappa shape index (κ2) is 12.4. The van der Waals surface area contributed by atoms with E-state index in [1.54, 1.807) is 0 Å². The summed E-state index contributed by atoms with van der Waals surface area (Å²) in [5.74, 6) is -0.951. The molecule has 0 amide bonds. The molecule has 18 heavy (non-hydrogen) atoms. The summed E-state index contributed by atoms with van der Waals surface area (Å²) in [4.78, 5) is 26.3. The highest BCUT2D eigenvalue weighted by atomic mass is 16.7. The van der Waals surface area contributed by atoms with Crippen molar-refractivity contribution >= 4 is 11.9 Å². The van der Waals surface area contributed by atoms with E-state index in [-0.39, 0.29) is 12.4 Å². The first-order valence-corrected chi connectivity index (χ1v) is 6.81. The van der Waals surface area contributed by atoms with Crippen LogP contribution >= 0.6 is 0 Å². The molecule has 0 bridgehead atoms. The molecule has 0 saturated carbocycles. The van der Waals surface area contributed by atoms with Crippen LogP contribution in [0.15, 0.2) is 0 Å². The van der Waals surface area contributed by atoms with Gasteiger partial charge in [-0.15, -0.1) is 0 Å². The molecular formula is C13H25NO4. The highest BCUT2D eigenvalue weighted by Crippen LogP contribution is 2.07. The number of carboxylic acids is 1. The van der Waals surface area contributed by atoms with E-state index in [0.717, 1.165) is 44.9 Å². The number of hydrogen-bond donors (Lipinski definition) is 2. The van der Waals surface area contributed by atoms with Crippen LogP contribution in [-0.2, 0) is 14.4 Å². The smallest absolute Gasteiger partial charge is 0.324 e. The monoisotopic (exact) mass is 259 g/mol. The Balaban J connectivity index is 3.17. The Morgan fingerprint density at radius 1 is 1.00 bits per heavy atom. The number of unbranched alkanes of at least 4 members (excludes halogenated alkanes) is 5. The van der Waals surface area contributed by atoms with Crippen molar-refractivity contribution in [1.82, 2.24) is 5.48 Å². The summed E-state index contributed by atoms with van der Waals surface area (Å²) in [5.41, 5.74) is 2.64. The molecule has 0 aliphatic carbocycles. The highest BCUT2D eigenvalue weighted by Gasteiger charge is 2.02. The maximum absolute atomic E-state index is 11.2. The number of hydroxylamine groups is 1. The fourth-order valence-corrected chi connectivity index (χ4v) is 1.51. The SMILES string of the molecule is CCCCNOC(=O)CCCCCCCC(=O)O. The quantitative estimate of drug-likeness (QED) is 0.416. The Hall–Kier alpha value is -1.10. The molecule has 0 atom stereocenters. The molecular weight excluding hydrogens is 234 g/mol. The topological polar surface area (TPSA) is 75.6 Å². The van der Waals surface area contributed by atoms with Gasteiger partial charge in [-0.2, -0.15) is 5.48 Å². The largest absolute Gasteiger partial charge is 0.481 e. The minimum Gasteiger partial charge on any atom is -0.481 e. The third kappa shape index (κ3) is 13.0. The number of rotatable bonds is 12. The lowest BCUT2D eigenvalue weighted by Gasteiger charge is -2.04. The van der Waals surface area contributed by atoms with Crippen LogP contribution in [0.4, 0.5) is 0 Å². The van der Waals surface area contributed by atoms with Crippen molar-refractivity contribution < 1.29 is 19.5 Å². The maximum Gasteiger partial charge on any atom is 0.324 e. The molecule has 0 rings (SSSR count). The molecule has 0 heterocycles. The normalized spacial score (nSPS) is 10.3. The van der Waals surface area contributed by atoms with Crippen LogP contribution in [0.1, 0.15) is 64.7 Å². The molecule has 5 nitrogen and oxygen atoms in total. The molecule has 0 aliphatic heterocycles. The maximum atomic E-state index is 11.2. The first kappa shape index (κ1) is 16.9. The van der Waals surface area contributed by atoms with Crippen molar-refractivity contribution in [2.24, 2.45) is 0 Å². The van der Waals surface area contributed by atoms with Crippen molar-refractivity contribution in [3.63, 3.8) is 0 Å². The summed E-state index contributed by atoms with van der Waals surface area (Å²) in [6, 6.07) is 0. The molecule has 0 aromatic heterocycles. The number of nitrogens with one attached hydrogen (secondary N) is 1. The van der Waals surface area contributed by atoms with E-state index < -0.39 is 5.97 Å². The first-order chi connectivity index (χ1) is 8.66. The molecule has 106 valence electrons. The van der Waals surface area contributed by atoms with Gasteiger partial charge in [0.15, 0.2) is 0 Å². The zero-order chi connectivity index (χ0) is 13.6. The second-order valence-electron chi connectivity index (χ2n) is 4.38. The fourth-order valence-electron chi connectivity index (χ4n) is 1.51. The van der Waals surface area contributed by atoms with Crippen molar-refractivity contribution in [2.75, 3.05) is 6.54 Å². The summed E-state index contributed by atoms with van der Waals surface area (Å²) in [7, 11) is 0. The fraction of sp³-hybridized carbons (Fsp3) is 0.846. The molecule has 0 spiro atoms. The lowest BCUT2D eigenvalue weighted by molar-refractivity contribution is -0.151. The van der Waals surface area contributed by atoms with Crippen LogP contribution in [0.2, 0.25) is 0 Å². The zero-order valence-electron chi connectivity index (χ0n) is 11.2. The number of carbonyl (C=O) groups is 2. The van der Waals surface area contributed by atoms with E-state index in [1.807, 2.05) is 0 Å². The van der Waals surface area contributed by atoms with Gasteiger partial charge in [0.1, 0.15) is 0 Å². The van der Waals surface area contributed by atoms with Crippen LogP contribution in [0, 0.1) is 0 Å². The summed E-state index contributed by atoms with van der Waals surface area (Å²) in [5, 5.41) is 8.44. The van der Waals surface area contributed by atoms with Gasteiger partial charge in [-0.25, -0.2) is 0 Å². The molecule has 2 N–H and O–H groups in total. The van der Waals surface area contributed by atoms with Crippen molar-refractivity contribution in [3.05, 3.63) is 0 Å². The van der Waals surface area contributed by atoms with E-state index in [2.05, 4.69) is 12.4 Å². The molecule has 0 saturated heterocycles. The summed E-state index contributed by atoms with van der Waals surface area (Å²) in [6.45, 7) is 2.78. The van der Waals surface area contributed by atoms with Gasteiger partial charge in [-0.05, 0) is 19.3 Å². The van der Waals surface area contributed by atoms with Crippen LogP contribution in [0.3, 0.4) is 0 Å². The van der Waals surface area contributed by atoms with Crippen LogP contribution < -0.4 is 5.48 Å². The Bertz CT molecular complexity index is 231. The lowest BCUT2D eigenvalue weighted by Crippen LogP contribution is -2.20. The van der Waals surface area contributed by atoms with Crippen molar-refractivity contribution in [1.29, 1.82) is 0 Å². The Morgan fingerprint density at radius 2 is 1.61 bits per heavy atom. The second-order valence-corrected chi connectivity index (χ2v) is 4.38. The average Bonchev–Trinajstić information content (AvgIpc) is 2.33. The van der Waals surface area contributed by atoms with Gasteiger partial charge in [0.05, 0.1) is 0 Å². The van der Waals surface area contributed by atoms with Gasteiger partial charge in [0, 0.05) is 19.4 Å². The lowest BCUT2D eigenvalue weighted by atomic mass is 10.1. The van der Waals surface area contributed by atoms with E-state index in [0.29, 0.717) is 13.0 Å². The summed E-state index contributed by atoms with van der Waals surface area (Å²) >= 11 is 0. The molecule has 0 unspecified atom stereocenters. The average molecular weight is 259 g/mol. The van der Waals surface area contributed by atoms with Gasteiger partial charge >= 0.3 is 11.9 Å². The number of carbonyl (C=O) groups excluding carboxylic acids is 1. The summed E-state index contributed by atoms with van der Waals surface area (Å²) < 4.78 is 0. The zero-order valence-corrected chi connectivity index (χ0v) is 11.2. The molecule has 0 radical (unpaired) electrons. The van der Waals surface area contributed by atoms with Gasteiger partial charge < -0.3 is 9.94 Å². The van der Waals surface area contributed by atoms with Crippen LogP contribution in [-0.4, -0.2) is 23.6 Å². The van der Waals surface area contributed by atoms with E-state index >= 15 is 0 Å². The summed E-state index contributed by atoms with van der Waals surface area (Å²) in [6.07, 6.45) is 7.10. The van der Waals surface area contributed by atoms with Gasteiger partial charge in [-0.3, -0.25) is 9.59 Å². The minimum atomic E-state index is -0.739. The molecule has 0 aromatic carbocycles.